The predicted octanol–water partition coefficient (Wildman–Crippen LogP) is 2.17. The van der Waals surface area contributed by atoms with Crippen molar-refractivity contribution in [3.8, 4) is 0 Å². The number of halogens is 3. The molecule has 1 saturated heterocycles. The summed E-state index contributed by atoms with van der Waals surface area (Å²) in [7, 11) is 0. The molecular formula is C21H27F3N4. The lowest BCUT2D eigenvalue weighted by atomic mass is 9.98. The number of hydrogen-bond acceptors (Lipinski definition) is 4. The van der Waals surface area contributed by atoms with Gasteiger partial charge >= 0.3 is 6.18 Å². The fourth-order valence-corrected chi connectivity index (χ4v) is 3.53. The summed E-state index contributed by atoms with van der Waals surface area (Å²) in [4.78, 5) is 0. The van der Waals surface area contributed by atoms with Gasteiger partial charge in [-0.25, -0.2) is 0 Å². The van der Waals surface area contributed by atoms with Crippen molar-refractivity contribution in [2.24, 2.45) is 5.73 Å². The first-order valence-corrected chi connectivity index (χ1v) is 9.67. The summed E-state index contributed by atoms with van der Waals surface area (Å²) < 4.78 is 38.1. The van der Waals surface area contributed by atoms with Crippen LogP contribution < -0.4 is 32.1 Å². The van der Waals surface area contributed by atoms with Gasteiger partial charge in [-0.05, 0) is 66.9 Å². The van der Waals surface area contributed by atoms with Gasteiger partial charge in [-0.2, -0.15) is 13.2 Å². The van der Waals surface area contributed by atoms with E-state index in [9.17, 15) is 13.2 Å². The van der Waals surface area contributed by atoms with Crippen LogP contribution >= 0.6 is 0 Å². The van der Waals surface area contributed by atoms with Crippen molar-refractivity contribution >= 4 is 23.5 Å². The quantitative estimate of drug-likeness (QED) is 0.580. The monoisotopic (exact) mass is 392 g/mol. The Labute approximate surface area is 163 Å². The molecule has 2 aliphatic rings. The predicted molar refractivity (Wildman–Crippen MR) is 109 cm³/mol. The van der Waals surface area contributed by atoms with Crippen molar-refractivity contribution in [3.05, 3.63) is 46.0 Å². The fraction of sp³-hybridized carbons (Fsp3) is 0.429. The number of anilines is 1. The molecule has 1 fully saturated rings. The second-order valence-corrected chi connectivity index (χ2v) is 7.12. The molecule has 0 aliphatic carbocycles. The van der Waals surface area contributed by atoms with E-state index < -0.39 is 11.9 Å². The molecule has 1 aromatic carbocycles. The lowest BCUT2D eigenvalue weighted by molar-refractivity contribution is -0.0926. The molecule has 0 radical (unpaired) electrons. The average Bonchev–Trinajstić information content (AvgIpc) is 2.68. The summed E-state index contributed by atoms with van der Waals surface area (Å²) in [5.74, 6) is 0. The van der Waals surface area contributed by atoms with Crippen LogP contribution in [0, 0.1) is 0 Å². The third-order valence-electron chi connectivity index (χ3n) is 5.14. The van der Waals surface area contributed by atoms with E-state index in [1.165, 1.54) is 6.08 Å². The number of nitrogens with one attached hydrogen (secondary N) is 3. The van der Waals surface area contributed by atoms with Crippen molar-refractivity contribution in [2.75, 3.05) is 25.0 Å². The lowest BCUT2D eigenvalue weighted by Crippen LogP contribution is -2.40. The standard InChI is InChI=1S/C21H27F3N4/c1-2-14(3-4-20(25)21(22,23)24)16-11-15-5-8-27-13-18(15)19(12-16)28-17-6-9-26-10-7-17/h3-5,11-13,17,26-28H,2,6-10,25H2,1H3/b14-3+,20-4-. The Morgan fingerprint density at radius 3 is 2.68 bits per heavy atom. The van der Waals surface area contributed by atoms with Crippen LogP contribution in [0.4, 0.5) is 18.9 Å². The summed E-state index contributed by atoms with van der Waals surface area (Å²) in [6.45, 7) is 4.63. The number of alkyl halides is 3. The molecule has 0 amide bonds. The van der Waals surface area contributed by atoms with Crippen LogP contribution in [0.2, 0.25) is 0 Å². The maximum absolute atomic E-state index is 12.7. The number of fused-ring (bicyclic) bond motifs is 1. The Kier molecular flexibility index (Phi) is 6.34. The van der Waals surface area contributed by atoms with E-state index in [0.29, 0.717) is 12.5 Å². The zero-order valence-electron chi connectivity index (χ0n) is 16.0. The van der Waals surface area contributed by atoms with Gasteiger partial charge in [0.25, 0.3) is 0 Å². The number of piperidine rings is 1. The molecule has 3 rings (SSSR count). The summed E-state index contributed by atoms with van der Waals surface area (Å²) >= 11 is 0. The van der Waals surface area contributed by atoms with Crippen molar-refractivity contribution in [1.29, 1.82) is 0 Å². The van der Waals surface area contributed by atoms with Crippen LogP contribution in [-0.2, 0) is 0 Å². The number of hydrogen-bond donors (Lipinski definition) is 4. The number of nitrogens with two attached hydrogens (primary N) is 1. The largest absolute Gasteiger partial charge is 0.430 e. The van der Waals surface area contributed by atoms with E-state index in [2.05, 4.69) is 22.0 Å². The van der Waals surface area contributed by atoms with Crippen molar-refractivity contribution in [1.82, 2.24) is 10.6 Å². The Balaban J connectivity index is 2.00. The molecule has 152 valence electrons. The summed E-state index contributed by atoms with van der Waals surface area (Å²) in [5.41, 5.74) is 6.80. The van der Waals surface area contributed by atoms with E-state index in [1.54, 1.807) is 0 Å². The van der Waals surface area contributed by atoms with E-state index in [-0.39, 0.29) is 0 Å². The first-order chi connectivity index (χ1) is 13.4. The minimum atomic E-state index is -4.51. The average molecular weight is 392 g/mol. The van der Waals surface area contributed by atoms with Gasteiger partial charge in [-0.3, -0.25) is 0 Å². The van der Waals surface area contributed by atoms with Gasteiger partial charge in [0.15, 0.2) is 0 Å². The Morgan fingerprint density at radius 1 is 1.25 bits per heavy atom. The molecule has 28 heavy (non-hydrogen) atoms. The third-order valence-corrected chi connectivity index (χ3v) is 5.14. The smallest absolute Gasteiger partial charge is 0.395 e. The van der Waals surface area contributed by atoms with E-state index in [1.807, 2.05) is 25.3 Å². The molecule has 2 aliphatic heterocycles. The molecule has 1 aromatic rings. The van der Waals surface area contributed by atoms with Gasteiger partial charge in [0.05, 0.1) is 0 Å². The van der Waals surface area contributed by atoms with Crippen LogP contribution in [0.1, 0.15) is 31.7 Å². The third kappa shape index (κ3) is 4.90. The molecule has 0 spiro atoms. The van der Waals surface area contributed by atoms with Crippen molar-refractivity contribution in [3.63, 3.8) is 0 Å². The zero-order chi connectivity index (χ0) is 20.1. The van der Waals surface area contributed by atoms with Crippen LogP contribution in [0.25, 0.3) is 17.8 Å². The Bertz CT molecular complexity index is 878. The van der Waals surface area contributed by atoms with Gasteiger partial charge in [-0.1, -0.05) is 19.1 Å². The molecule has 0 bridgehead atoms. The van der Waals surface area contributed by atoms with Gasteiger partial charge in [0.1, 0.15) is 5.70 Å². The fourth-order valence-electron chi connectivity index (χ4n) is 3.53. The highest BCUT2D eigenvalue weighted by atomic mass is 19.4. The maximum Gasteiger partial charge on any atom is 0.430 e. The normalized spacial score (nSPS) is 18.6. The summed E-state index contributed by atoms with van der Waals surface area (Å²) in [5, 5.41) is 12.4. The van der Waals surface area contributed by atoms with Crippen molar-refractivity contribution in [2.45, 2.75) is 38.4 Å². The van der Waals surface area contributed by atoms with Gasteiger partial charge in [-0.15, -0.1) is 0 Å². The molecular weight excluding hydrogens is 365 g/mol. The van der Waals surface area contributed by atoms with Gasteiger partial charge < -0.3 is 21.7 Å². The lowest BCUT2D eigenvalue weighted by Gasteiger charge is -2.26. The highest BCUT2D eigenvalue weighted by Gasteiger charge is 2.30. The molecule has 5 N–H and O–H groups in total. The van der Waals surface area contributed by atoms with E-state index in [0.717, 1.165) is 65.8 Å². The van der Waals surface area contributed by atoms with E-state index in [4.69, 9.17) is 5.73 Å². The van der Waals surface area contributed by atoms with Crippen molar-refractivity contribution < 1.29 is 13.2 Å². The second kappa shape index (κ2) is 8.73. The van der Waals surface area contributed by atoms with Crippen LogP contribution in [0.3, 0.4) is 0 Å². The van der Waals surface area contributed by atoms with Crippen LogP contribution in [0.5, 0.6) is 0 Å². The van der Waals surface area contributed by atoms with Gasteiger partial charge in [0.2, 0.25) is 0 Å². The molecule has 0 unspecified atom stereocenters. The summed E-state index contributed by atoms with van der Waals surface area (Å²) in [6, 6.07) is 4.45. The zero-order valence-corrected chi connectivity index (χ0v) is 16.0. The highest BCUT2D eigenvalue weighted by molar-refractivity contribution is 5.71. The molecule has 2 heterocycles. The first-order valence-electron chi connectivity index (χ1n) is 9.67. The van der Waals surface area contributed by atoms with Crippen LogP contribution in [0.15, 0.2) is 30.0 Å². The van der Waals surface area contributed by atoms with Gasteiger partial charge in [0, 0.05) is 29.7 Å². The maximum atomic E-state index is 12.7. The van der Waals surface area contributed by atoms with E-state index >= 15 is 0 Å². The topological polar surface area (TPSA) is 62.1 Å². The minimum Gasteiger partial charge on any atom is -0.395 e. The number of rotatable bonds is 5. The molecule has 0 saturated carbocycles. The minimum absolute atomic E-state index is 0.380. The number of benzene rings is 1. The Hall–Kier alpha value is -2.41. The van der Waals surface area contributed by atoms with Crippen LogP contribution in [-0.4, -0.2) is 31.9 Å². The molecule has 7 heteroatoms. The Morgan fingerprint density at radius 2 is 2.00 bits per heavy atom. The highest BCUT2D eigenvalue weighted by Crippen LogP contribution is 2.24. The summed E-state index contributed by atoms with van der Waals surface area (Å²) in [6.07, 6.45) is 4.70. The number of allylic oxidation sites excluding steroid dienone is 4. The molecule has 0 atom stereocenters. The SMILES string of the molecule is CC/C(=C\C=C(/N)C(F)(F)F)c1cc(NC2CCNCC2)c2c(c1)=CCNC=2. The molecule has 4 nitrogen and oxygen atoms in total. The first kappa shape index (κ1) is 20.3. The molecule has 0 aromatic heterocycles. The second-order valence-electron chi connectivity index (χ2n) is 7.12.